The van der Waals surface area contributed by atoms with Crippen LogP contribution in [0.15, 0.2) is 54.6 Å². The first-order valence-electron chi connectivity index (χ1n) is 11.9. The number of nitrogens with zero attached hydrogens (tertiary/aromatic N) is 3. The Morgan fingerprint density at radius 2 is 1.69 bits per heavy atom. The van der Waals surface area contributed by atoms with E-state index in [1.807, 2.05) is 31.2 Å². The number of rotatable bonds is 7. The molecular weight excluding hydrogens is 440 g/mol. The number of ether oxygens (including phenoxy) is 2. The fourth-order valence-electron chi connectivity index (χ4n) is 3.68. The molecule has 35 heavy (non-hydrogen) atoms. The molecule has 7 heteroatoms. The Hall–Kier alpha value is -3.73. The van der Waals surface area contributed by atoms with Gasteiger partial charge in [-0.25, -0.2) is 14.8 Å². The highest BCUT2D eigenvalue weighted by molar-refractivity contribution is 5.88. The summed E-state index contributed by atoms with van der Waals surface area (Å²) in [6, 6.07) is 17.6. The summed E-state index contributed by atoms with van der Waals surface area (Å²) in [5, 5.41) is 0. The van der Waals surface area contributed by atoms with Crippen molar-refractivity contribution in [2.75, 3.05) is 38.6 Å². The summed E-state index contributed by atoms with van der Waals surface area (Å²) in [4.78, 5) is 22.9. The van der Waals surface area contributed by atoms with Crippen LogP contribution in [-0.2, 0) is 16.0 Å². The van der Waals surface area contributed by atoms with Crippen molar-refractivity contribution < 1.29 is 14.3 Å². The average molecular weight is 471 g/mol. The fraction of sp³-hybridized carbons (Fsp3) is 0.321. The van der Waals surface area contributed by atoms with E-state index in [0.29, 0.717) is 12.3 Å². The Morgan fingerprint density at radius 1 is 1.03 bits per heavy atom. The number of morpholine rings is 1. The molecule has 180 valence electrons. The van der Waals surface area contributed by atoms with E-state index >= 15 is 0 Å². The molecule has 0 spiro atoms. The van der Waals surface area contributed by atoms with Gasteiger partial charge in [0.05, 0.1) is 25.5 Å². The smallest absolute Gasteiger partial charge is 0.357 e. The van der Waals surface area contributed by atoms with Gasteiger partial charge in [0.15, 0.2) is 5.69 Å². The van der Waals surface area contributed by atoms with Crippen LogP contribution in [0.5, 0.6) is 0 Å². The topological polar surface area (TPSA) is 90.6 Å². The molecule has 2 aromatic carbocycles. The first kappa shape index (κ1) is 24.4. The van der Waals surface area contributed by atoms with E-state index in [-0.39, 0.29) is 11.6 Å². The second-order valence-corrected chi connectivity index (χ2v) is 8.40. The molecule has 7 nitrogen and oxygen atoms in total. The number of esters is 1. The fourth-order valence-corrected chi connectivity index (χ4v) is 3.68. The van der Waals surface area contributed by atoms with Crippen LogP contribution in [0.4, 0.5) is 5.95 Å². The molecule has 2 N–H and O–H groups in total. The minimum atomic E-state index is -0.493. The third kappa shape index (κ3) is 7.12. The molecule has 1 fully saturated rings. The molecule has 0 unspecified atom stereocenters. The quantitative estimate of drug-likeness (QED) is 0.318. The second kappa shape index (κ2) is 12.1. The number of carbonyl (C=O) groups excluding carboxylic acids is 1. The van der Waals surface area contributed by atoms with Crippen LogP contribution < -0.4 is 5.73 Å². The van der Waals surface area contributed by atoms with Gasteiger partial charge in [0.1, 0.15) is 0 Å². The summed E-state index contributed by atoms with van der Waals surface area (Å²) in [5.74, 6) is 5.96. The predicted molar refractivity (Wildman–Crippen MR) is 136 cm³/mol. The van der Waals surface area contributed by atoms with Gasteiger partial charge in [-0.15, -0.1) is 0 Å². The van der Waals surface area contributed by atoms with Gasteiger partial charge < -0.3 is 15.2 Å². The highest BCUT2D eigenvalue weighted by Crippen LogP contribution is 2.20. The van der Waals surface area contributed by atoms with Gasteiger partial charge in [-0.1, -0.05) is 49.5 Å². The monoisotopic (exact) mass is 470 g/mol. The van der Waals surface area contributed by atoms with Crippen molar-refractivity contribution in [1.82, 2.24) is 14.9 Å². The molecule has 0 atom stereocenters. The molecule has 1 aliphatic rings. The zero-order valence-electron chi connectivity index (χ0n) is 20.0. The van der Waals surface area contributed by atoms with Crippen LogP contribution in [0.1, 0.15) is 46.9 Å². The lowest BCUT2D eigenvalue weighted by molar-refractivity contribution is 0.0342. The number of nitrogens with two attached hydrogens (primary N) is 1. The normalized spacial score (nSPS) is 13.6. The molecule has 4 rings (SSSR count). The largest absolute Gasteiger partial charge is 0.461 e. The lowest BCUT2D eigenvalue weighted by Gasteiger charge is -2.26. The number of anilines is 1. The number of hydrogen-bond acceptors (Lipinski definition) is 7. The van der Waals surface area contributed by atoms with E-state index in [0.717, 1.165) is 62.4 Å². The lowest BCUT2D eigenvalue weighted by atomic mass is 10.1. The van der Waals surface area contributed by atoms with E-state index in [1.165, 1.54) is 5.56 Å². The Bertz CT molecular complexity index is 1190. The van der Waals surface area contributed by atoms with Gasteiger partial charge in [0.25, 0.3) is 0 Å². The van der Waals surface area contributed by atoms with Crippen molar-refractivity contribution in [1.29, 1.82) is 0 Å². The molecule has 1 aromatic heterocycles. The molecule has 0 bridgehead atoms. The molecular formula is C28H30N4O3. The molecule has 3 aromatic rings. The molecule has 0 radical (unpaired) electrons. The SMILES string of the molecule is CCCCOC(=O)c1cc(-c2ccc(C#Cc3ccc(CN4CCOCC4)cc3)cc2)nc(N)n1. The highest BCUT2D eigenvalue weighted by Gasteiger charge is 2.13. The van der Waals surface area contributed by atoms with Crippen molar-refractivity contribution >= 4 is 11.9 Å². The van der Waals surface area contributed by atoms with Crippen molar-refractivity contribution in [2.45, 2.75) is 26.3 Å². The number of unbranched alkanes of at least 4 members (excludes halogenated alkanes) is 1. The lowest BCUT2D eigenvalue weighted by Crippen LogP contribution is -2.35. The van der Waals surface area contributed by atoms with Gasteiger partial charge in [-0.2, -0.15) is 0 Å². The Labute approximate surface area is 206 Å². The summed E-state index contributed by atoms with van der Waals surface area (Å²) in [7, 11) is 0. The maximum atomic E-state index is 12.3. The van der Waals surface area contributed by atoms with Gasteiger partial charge in [-0.05, 0) is 42.3 Å². The van der Waals surface area contributed by atoms with Gasteiger partial charge in [-0.3, -0.25) is 4.90 Å². The maximum Gasteiger partial charge on any atom is 0.357 e. The number of nitrogen functional groups attached to an aromatic ring is 1. The van der Waals surface area contributed by atoms with E-state index in [9.17, 15) is 4.79 Å². The van der Waals surface area contributed by atoms with Crippen molar-refractivity contribution in [3.8, 4) is 23.1 Å². The van der Waals surface area contributed by atoms with Crippen molar-refractivity contribution in [3.63, 3.8) is 0 Å². The van der Waals surface area contributed by atoms with Crippen LogP contribution in [0, 0.1) is 11.8 Å². The third-order valence-electron chi connectivity index (χ3n) is 5.68. The van der Waals surface area contributed by atoms with Crippen LogP contribution in [0.3, 0.4) is 0 Å². The predicted octanol–water partition coefficient (Wildman–Crippen LogP) is 3.91. The van der Waals surface area contributed by atoms with Crippen molar-refractivity contribution in [2.24, 2.45) is 0 Å². The van der Waals surface area contributed by atoms with Crippen LogP contribution in [0.25, 0.3) is 11.3 Å². The molecule has 0 saturated carbocycles. The Kier molecular flexibility index (Phi) is 8.44. The van der Waals surface area contributed by atoms with E-state index < -0.39 is 5.97 Å². The first-order valence-corrected chi connectivity index (χ1v) is 11.9. The Morgan fingerprint density at radius 3 is 2.34 bits per heavy atom. The number of aromatic nitrogens is 2. The standard InChI is InChI=1S/C28H30N4O3/c1-2-3-16-35-27(33)26-19-25(30-28(29)31-26)24-12-10-22(11-13-24)5-4-21-6-8-23(9-7-21)20-32-14-17-34-18-15-32/h6-13,19H,2-3,14-18,20H2,1H3,(H2,29,30,31). The third-order valence-corrected chi connectivity index (χ3v) is 5.68. The number of benzene rings is 2. The zero-order valence-corrected chi connectivity index (χ0v) is 20.0. The van der Waals surface area contributed by atoms with Gasteiger partial charge in [0, 0.05) is 36.3 Å². The zero-order chi connectivity index (χ0) is 24.5. The summed E-state index contributed by atoms with van der Waals surface area (Å²) in [6.45, 7) is 6.89. The van der Waals surface area contributed by atoms with Crippen LogP contribution >= 0.6 is 0 Å². The number of hydrogen-bond donors (Lipinski definition) is 1. The minimum absolute atomic E-state index is 0.0332. The minimum Gasteiger partial charge on any atom is -0.461 e. The summed E-state index contributed by atoms with van der Waals surface area (Å²) >= 11 is 0. The summed E-state index contributed by atoms with van der Waals surface area (Å²) < 4.78 is 10.7. The summed E-state index contributed by atoms with van der Waals surface area (Å²) in [5.41, 5.74) is 10.5. The van der Waals surface area contributed by atoms with Crippen LogP contribution in [-0.4, -0.2) is 53.7 Å². The van der Waals surface area contributed by atoms with E-state index in [1.54, 1.807) is 6.07 Å². The highest BCUT2D eigenvalue weighted by atomic mass is 16.5. The molecule has 2 heterocycles. The Balaban J connectivity index is 1.40. The average Bonchev–Trinajstić information content (AvgIpc) is 2.89. The molecule has 0 amide bonds. The molecule has 1 aliphatic heterocycles. The molecule has 1 saturated heterocycles. The van der Waals surface area contributed by atoms with E-state index in [2.05, 4.69) is 51.0 Å². The first-order chi connectivity index (χ1) is 17.1. The van der Waals surface area contributed by atoms with Crippen molar-refractivity contribution in [3.05, 3.63) is 77.0 Å². The van der Waals surface area contributed by atoms with Gasteiger partial charge >= 0.3 is 5.97 Å². The maximum absolute atomic E-state index is 12.3. The summed E-state index contributed by atoms with van der Waals surface area (Å²) in [6.07, 6.45) is 1.75. The van der Waals surface area contributed by atoms with Gasteiger partial charge in [0.2, 0.25) is 5.95 Å². The van der Waals surface area contributed by atoms with Crippen LogP contribution in [0.2, 0.25) is 0 Å². The number of carbonyl (C=O) groups is 1. The second-order valence-electron chi connectivity index (χ2n) is 8.40. The van der Waals surface area contributed by atoms with E-state index in [4.69, 9.17) is 15.2 Å². The molecule has 0 aliphatic carbocycles.